The van der Waals surface area contributed by atoms with E-state index in [9.17, 15) is 26.3 Å². The number of hydrogen-bond acceptors (Lipinski definition) is 2. The summed E-state index contributed by atoms with van der Waals surface area (Å²) in [6, 6.07) is 1.58. The summed E-state index contributed by atoms with van der Waals surface area (Å²) in [5, 5.41) is 0. The highest BCUT2D eigenvalue weighted by Crippen LogP contribution is 2.44. The Labute approximate surface area is 139 Å². The van der Waals surface area contributed by atoms with Crippen LogP contribution in [0.15, 0.2) is 29.0 Å². The largest absolute Gasteiger partial charge is 0.443 e. The van der Waals surface area contributed by atoms with Crippen LogP contribution in [0.1, 0.15) is 54.8 Å². The van der Waals surface area contributed by atoms with Crippen molar-refractivity contribution in [3.05, 3.63) is 41.4 Å². The molecule has 1 aromatic heterocycles. The van der Waals surface area contributed by atoms with Crippen LogP contribution in [0.25, 0.3) is 11.3 Å². The molecule has 0 atom stereocenters. The normalized spacial score (nSPS) is 17.0. The number of alkyl halides is 6. The van der Waals surface area contributed by atoms with E-state index in [1.165, 1.54) is 0 Å². The van der Waals surface area contributed by atoms with Gasteiger partial charge in [0, 0.05) is 11.5 Å². The Morgan fingerprint density at radius 3 is 2.20 bits per heavy atom. The zero-order chi connectivity index (χ0) is 18.2. The van der Waals surface area contributed by atoms with Crippen molar-refractivity contribution in [1.82, 2.24) is 4.98 Å². The fourth-order valence-electron chi connectivity index (χ4n) is 3.28. The molecule has 8 heteroatoms. The summed E-state index contributed by atoms with van der Waals surface area (Å²) in [6.07, 6.45) is -4.25. The fraction of sp³-hybridized carbons (Fsp3) is 0.471. The highest BCUT2D eigenvalue weighted by molar-refractivity contribution is 5.66. The number of benzene rings is 1. The zero-order valence-electron chi connectivity index (χ0n) is 13.0. The van der Waals surface area contributed by atoms with Crippen molar-refractivity contribution in [3.8, 4) is 11.3 Å². The molecule has 1 fully saturated rings. The molecule has 0 unspecified atom stereocenters. The maximum absolute atomic E-state index is 13.4. The van der Waals surface area contributed by atoms with Gasteiger partial charge in [0.2, 0.25) is 0 Å². The van der Waals surface area contributed by atoms with Gasteiger partial charge in [-0.15, -0.1) is 0 Å². The first-order valence-electron chi connectivity index (χ1n) is 7.90. The van der Waals surface area contributed by atoms with Gasteiger partial charge in [0.15, 0.2) is 12.2 Å². The van der Waals surface area contributed by atoms with E-state index >= 15 is 0 Å². The number of aromatic nitrogens is 1. The lowest BCUT2D eigenvalue weighted by Gasteiger charge is -2.21. The highest BCUT2D eigenvalue weighted by atomic mass is 19.4. The third kappa shape index (κ3) is 3.67. The SMILES string of the molecule is FC(F)(F)c1ccc(-c2ocnc2C2CCCCC2)c(C(F)(F)F)c1. The van der Waals surface area contributed by atoms with E-state index in [1.54, 1.807) is 0 Å². The van der Waals surface area contributed by atoms with Gasteiger partial charge in [-0.1, -0.05) is 19.3 Å². The van der Waals surface area contributed by atoms with Gasteiger partial charge in [0.05, 0.1) is 16.8 Å². The molecule has 0 N–H and O–H groups in total. The van der Waals surface area contributed by atoms with Gasteiger partial charge in [-0.3, -0.25) is 0 Å². The van der Waals surface area contributed by atoms with Crippen LogP contribution in [0, 0.1) is 0 Å². The third-order valence-corrected chi connectivity index (χ3v) is 4.48. The van der Waals surface area contributed by atoms with Crippen molar-refractivity contribution in [1.29, 1.82) is 0 Å². The van der Waals surface area contributed by atoms with Crippen molar-refractivity contribution in [3.63, 3.8) is 0 Å². The summed E-state index contributed by atoms with van der Waals surface area (Å²) in [5.74, 6) is -0.126. The molecular weight excluding hydrogens is 348 g/mol. The van der Waals surface area contributed by atoms with Crippen molar-refractivity contribution in [2.45, 2.75) is 50.4 Å². The summed E-state index contributed by atoms with van der Waals surface area (Å²) >= 11 is 0. The van der Waals surface area contributed by atoms with E-state index < -0.39 is 29.0 Å². The van der Waals surface area contributed by atoms with E-state index in [4.69, 9.17) is 4.42 Å². The van der Waals surface area contributed by atoms with Crippen molar-refractivity contribution in [2.24, 2.45) is 0 Å². The minimum atomic E-state index is -4.94. The molecule has 1 saturated carbocycles. The van der Waals surface area contributed by atoms with Crippen molar-refractivity contribution < 1.29 is 30.8 Å². The van der Waals surface area contributed by atoms with Gasteiger partial charge in [-0.25, -0.2) is 4.98 Å². The summed E-state index contributed by atoms with van der Waals surface area (Å²) in [6.45, 7) is 0. The molecule has 1 heterocycles. The summed E-state index contributed by atoms with van der Waals surface area (Å²) in [7, 11) is 0. The van der Waals surface area contributed by atoms with Crippen LogP contribution in [0.2, 0.25) is 0 Å². The monoisotopic (exact) mass is 363 g/mol. The van der Waals surface area contributed by atoms with Crippen molar-refractivity contribution in [2.75, 3.05) is 0 Å². The highest BCUT2D eigenvalue weighted by Gasteiger charge is 2.39. The molecule has 1 aromatic carbocycles. The van der Waals surface area contributed by atoms with Crippen LogP contribution in [-0.4, -0.2) is 4.98 Å². The Kier molecular flexibility index (Phi) is 4.55. The van der Waals surface area contributed by atoms with Gasteiger partial charge >= 0.3 is 12.4 Å². The smallest absolute Gasteiger partial charge is 0.417 e. The van der Waals surface area contributed by atoms with E-state index in [1.807, 2.05) is 0 Å². The second kappa shape index (κ2) is 6.38. The van der Waals surface area contributed by atoms with Gasteiger partial charge in [0.25, 0.3) is 0 Å². The van der Waals surface area contributed by atoms with Crippen LogP contribution < -0.4 is 0 Å². The van der Waals surface area contributed by atoms with Crippen LogP contribution in [0.3, 0.4) is 0 Å². The average molecular weight is 363 g/mol. The van der Waals surface area contributed by atoms with Gasteiger partial charge in [0.1, 0.15) is 0 Å². The molecule has 0 spiro atoms. The topological polar surface area (TPSA) is 26.0 Å². The molecule has 25 heavy (non-hydrogen) atoms. The molecule has 2 aromatic rings. The summed E-state index contributed by atoms with van der Waals surface area (Å²) in [4.78, 5) is 4.05. The molecule has 2 nitrogen and oxygen atoms in total. The summed E-state index contributed by atoms with van der Waals surface area (Å²) in [5.41, 5.74) is -2.72. The Balaban J connectivity index is 2.10. The quantitative estimate of drug-likeness (QED) is 0.575. The third-order valence-electron chi connectivity index (χ3n) is 4.48. The van der Waals surface area contributed by atoms with E-state index in [0.717, 1.165) is 44.6 Å². The Hall–Kier alpha value is -1.99. The van der Waals surface area contributed by atoms with E-state index in [0.29, 0.717) is 11.8 Å². The van der Waals surface area contributed by atoms with Crippen LogP contribution in [0.5, 0.6) is 0 Å². The van der Waals surface area contributed by atoms with Crippen molar-refractivity contribution >= 4 is 0 Å². The maximum atomic E-state index is 13.4. The molecule has 3 rings (SSSR count). The molecule has 0 saturated heterocycles. The number of hydrogen-bond donors (Lipinski definition) is 0. The average Bonchev–Trinajstić information content (AvgIpc) is 3.03. The second-order valence-electron chi connectivity index (χ2n) is 6.16. The molecular formula is C17H15F6NO. The molecule has 0 aliphatic heterocycles. The molecule has 1 aliphatic rings. The molecule has 1 aliphatic carbocycles. The molecule has 0 bridgehead atoms. The predicted octanol–water partition coefficient (Wildman–Crippen LogP) is 6.43. The van der Waals surface area contributed by atoms with Crippen LogP contribution in [-0.2, 0) is 12.4 Å². The van der Waals surface area contributed by atoms with Crippen LogP contribution in [0.4, 0.5) is 26.3 Å². The lowest BCUT2D eigenvalue weighted by molar-refractivity contribution is -0.142. The zero-order valence-corrected chi connectivity index (χ0v) is 13.0. The van der Waals surface area contributed by atoms with E-state index in [-0.39, 0.29) is 17.7 Å². The lowest BCUT2D eigenvalue weighted by atomic mass is 9.85. The number of oxazole rings is 1. The molecule has 136 valence electrons. The minimum absolute atomic E-state index is 0.0362. The molecule has 0 amide bonds. The Morgan fingerprint density at radius 1 is 0.920 bits per heavy atom. The first-order chi connectivity index (χ1) is 11.7. The number of nitrogens with zero attached hydrogens (tertiary/aromatic N) is 1. The summed E-state index contributed by atoms with van der Waals surface area (Å²) < 4.78 is 83.6. The Morgan fingerprint density at radius 2 is 1.60 bits per heavy atom. The number of halogens is 6. The Bertz CT molecular complexity index is 740. The lowest BCUT2D eigenvalue weighted by Crippen LogP contribution is -2.13. The second-order valence-corrected chi connectivity index (χ2v) is 6.16. The minimum Gasteiger partial charge on any atom is -0.443 e. The predicted molar refractivity (Wildman–Crippen MR) is 77.8 cm³/mol. The standard InChI is InChI=1S/C17H15F6NO/c18-16(19,20)11-6-7-12(13(8-11)17(21,22)23)15-14(24-9-25-15)10-4-2-1-3-5-10/h6-10H,1-5H2. The van der Waals surface area contributed by atoms with Crippen LogP contribution >= 0.6 is 0 Å². The number of rotatable bonds is 2. The van der Waals surface area contributed by atoms with E-state index in [2.05, 4.69) is 4.98 Å². The van der Waals surface area contributed by atoms with Gasteiger partial charge in [-0.2, -0.15) is 26.3 Å². The first-order valence-corrected chi connectivity index (χ1v) is 7.90. The molecule has 0 radical (unpaired) electrons. The first kappa shape index (κ1) is 17.8. The van der Waals surface area contributed by atoms with Gasteiger partial charge in [-0.05, 0) is 31.0 Å². The van der Waals surface area contributed by atoms with Gasteiger partial charge < -0.3 is 4.42 Å². The maximum Gasteiger partial charge on any atom is 0.417 e. The fourth-order valence-corrected chi connectivity index (χ4v) is 3.28.